The lowest BCUT2D eigenvalue weighted by Crippen LogP contribution is -2.18. The number of hydrogen-bond acceptors (Lipinski definition) is 4. The third-order valence-electron chi connectivity index (χ3n) is 4.23. The van der Waals surface area contributed by atoms with Crippen LogP contribution in [0.3, 0.4) is 0 Å². The normalized spacial score (nSPS) is 13.8. The van der Waals surface area contributed by atoms with Gasteiger partial charge in [0.05, 0.1) is 6.54 Å². The summed E-state index contributed by atoms with van der Waals surface area (Å²) in [6.45, 7) is 2.31. The largest absolute Gasteiger partial charge is 0.339 e. The van der Waals surface area contributed by atoms with Crippen LogP contribution in [-0.4, -0.2) is 20.6 Å². The van der Waals surface area contributed by atoms with E-state index in [0.29, 0.717) is 40.6 Å². The number of nitrogens with zero attached hydrogens (tertiary/aromatic N) is 3. The molecule has 1 aromatic carbocycles. The summed E-state index contributed by atoms with van der Waals surface area (Å²) in [7, 11) is 0. The molecule has 2 heterocycles. The zero-order valence-electron chi connectivity index (χ0n) is 13.7. The maximum Gasteiger partial charge on any atom is 0.272 e. The second kappa shape index (κ2) is 6.37. The standard InChI is InChI=1S/C18H17ClN4O2/c1-11-4-7-13(19)9-14(11)20-17(24)15-3-2-8-23(15)10-16-21-18(25-22-16)12-5-6-12/h2-4,7-9,12H,5-6,10H2,1H3,(H,20,24). The quantitative estimate of drug-likeness (QED) is 0.749. The molecule has 2 aromatic heterocycles. The van der Waals surface area contributed by atoms with Gasteiger partial charge in [-0.1, -0.05) is 22.8 Å². The van der Waals surface area contributed by atoms with Gasteiger partial charge < -0.3 is 14.4 Å². The van der Waals surface area contributed by atoms with Crippen molar-refractivity contribution in [2.75, 3.05) is 5.32 Å². The van der Waals surface area contributed by atoms with Crippen LogP contribution in [0, 0.1) is 6.92 Å². The molecule has 6 nitrogen and oxygen atoms in total. The molecule has 1 saturated carbocycles. The smallest absolute Gasteiger partial charge is 0.272 e. The summed E-state index contributed by atoms with van der Waals surface area (Å²) in [5, 5.41) is 7.49. The van der Waals surface area contributed by atoms with Crippen molar-refractivity contribution in [3.05, 3.63) is 64.5 Å². The molecule has 25 heavy (non-hydrogen) atoms. The molecule has 1 aliphatic carbocycles. The Morgan fingerprint density at radius 2 is 2.24 bits per heavy atom. The minimum Gasteiger partial charge on any atom is -0.339 e. The maximum atomic E-state index is 12.6. The molecule has 0 aliphatic heterocycles. The van der Waals surface area contributed by atoms with Gasteiger partial charge in [-0.2, -0.15) is 4.98 Å². The Morgan fingerprint density at radius 1 is 1.40 bits per heavy atom. The molecule has 0 bridgehead atoms. The third kappa shape index (κ3) is 3.44. The molecular weight excluding hydrogens is 340 g/mol. The number of nitrogens with one attached hydrogen (secondary N) is 1. The number of benzene rings is 1. The van der Waals surface area contributed by atoms with E-state index < -0.39 is 0 Å². The molecule has 1 aliphatic rings. The lowest BCUT2D eigenvalue weighted by atomic mass is 10.2. The molecule has 1 fully saturated rings. The van der Waals surface area contributed by atoms with Crippen LogP contribution in [0.5, 0.6) is 0 Å². The number of carbonyl (C=O) groups is 1. The van der Waals surface area contributed by atoms with Crippen LogP contribution < -0.4 is 5.32 Å². The first kappa shape index (κ1) is 15.9. The number of carbonyl (C=O) groups excluding carboxylic acids is 1. The molecule has 7 heteroatoms. The minimum absolute atomic E-state index is 0.207. The van der Waals surface area contributed by atoms with Crippen LogP contribution in [0.25, 0.3) is 0 Å². The Hall–Kier alpha value is -2.60. The summed E-state index contributed by atoms with van der Waals surface area (Å²) in [6.07, 6.45) is 4.04. The van der Waals surface area contributed by atoms with Crippen molar-refractivity contribution in [2.24, 2.45) is 0 Å². The van der Waals surface area contributed by atoms with E-state index in [-0.39, 0.29) is 5.91 Å². The molecule has 0 atom stereocenters. The molecule has 4 rings (SSSR count). The van der Waals surface area contributed by atoms with E-state index >= 15 is 0 Å². The van der Waals surface area contributed by atoms with Crippen LogP contribution >= 0.6 is 11.6 Å². The Bertz CT molecular complexity index is 927. The van der Waals surface area contributed by atoms with Crippen LogP contribution in [-0.2, 0) is 6.54 Å². The Morgan fingerprint density at radius 3 is 3.04 bits per heavy atom. The van der Waals surface area contributed by atoms with Crippen LogP contribution in [0.4, 0.5) is 5.69 Å². The van der Waals surface area contributed by atoms with Gasteiger partial charge in [-0.3, -0.25) is 4.79 Å². The van der Waals surface area contributed by atoms with Crippen molar-refractivity contribution in [3.8, 4) is 0 Å². The molecule has 0 spiro atoms. The van der Waals surface area contributed by atoms with E-state index in [4.69, 9.17) is 16.1 Å². The number of halogens is 1. The average molecular weight is 357 g/mol. The van der Waals surface area contributed by atoms with Gasteiger partial charge in [-0.15, -0.1) is 0 Å². The van der Waals surface area contributed by atoms with Gasteiger partial charge in [-0.05, 0) is 49.6 Å². The van der Waals surface area contributed by atoms with Gasteiger partial charge in [0.2, 0.25) is 5.89 Å². The average Bonchev–Trinajstić information content (AvgIpc) is 3.15. The topological polar surface area (TPSA) is 73.0 Å². The van der Waals surface area contributed by atoms with Crippen LogP contribution in [0.1, 0.15) is 46.5 Å². The lowest BCUT2D eigenvalue weighted by molar-refractivity contribution is 0.101. The molecule has 1 amide bonds. The highest BCUT2D eigenvalue weighted by atomic mass is 35.5. The van der Waals surface area contributed by atoms with Gasteiger partial charge in [-0.25, -0.2) is 0 Å². The van der Waals surface area contributed by atoms with Crippen molar-refractivity contribution < 1.29 is 9.32 Å². The first-order valence-electron chi connectivity index (χ1n) is 8.15. The van der Waals surface area contributed by atoms with E-state index in [1.807, 2.05) is 25.3 Å². The van der Waals surface area contributed by atoms with Crippen LogP contribution in [0.15, 0.2) is 41.1 Å². The van der Waals surface area contributed by atoms with Gasteiger partial charge in [0, 0.05) is 22.8 Å². The highest BCUT2D eigenvalue weighted by molar-refractivity contribution is 6.31. The van der Waals surface area contributed by atoms with Crippen molar-refractivity contribution >= 4 is 23.2 Å². The van der Waals surface area contributed by atoms with Gasteiger partial charge in [0.15, 0.2) is 5.82 Å². The summed E-state index contributed by atoms with van der Waals surface area (Å²) < 4.78 is 7.07. The van der Waals surface area contributed by atoms with E-state index in [2.05, 4.69) is 15.5 Å². The highest BCUT2D eigenvalue weighted by Crippen LogP contribution is 2.38. The van der Waals surface area contributed by atoms with E-state index in [1.165, 1.54) is 0 Å². The van der Waals surface area contributed by atoms with Crippen molar-refractivity contribution in [3.63, 3.8) is 0 Å². The predicted molar refractivity (Wildman–Crippen MR) is 93.9 cm³/mol. The SMILES string of the molecule is Cc1ccc(Cl)cc1NC(=O)c1cccn1Cc1noc(C2CC2)n1. The molecule has 0 unspecified atom stereocenters. The second-order valence-electron chi connectivity index (χ2n) is 6.26. The first-order chi connectivity index (χ1) is 12.1. The zero-order valence-corrected chi connectivity index (χ0v) is 14.5. The first-order valence-corrected chi connectivity index (χ1v) is 8.53. The number of hydrogen-bond donors (Lipinski definition) is 1. The zero-order chi connectivity index (χ0) is 17.4. The molecule has 1 N–H and O–H groups in total. The number of amides is 1. The summed E-state index contributed by atoms with van der Waals surface area (Å²) in [4.78, 5) is 17.0. The molecule has 0 saturated heterocycles. The molecule has 3 aromatic rings. The van der Waals surface area contributed by atoms with Crippen LogP contribution in [0.2, 0.25) is 5.02 Å². The van der Waals surface area contributed by atoms with E-state index in [9.17, 15) is 4.79 Å². The summed E-state index contributed by atoms with van der Waals surface area (Å²) in [6, 6.07) is 8.99. The van der Waals surface area contributed by atoms with E-state index in [1.54, 1.807) is 22.8 Å². The fourth-order valence-corrected chi connectivity index (χ4v) is 2.83. The van der Waals surface area contributed by atoms with Crippen molar-refractivity contribution in [2.45, 2.75) is 32.2 Å². The number of aryl methyl sites for hydroxylation is 1. The van der Waals surface area contributed by atoms with Crippen molar-refractivity contribution in [1.29, 1.82) is 0 Å². The Balaban J connectivity index is 1.51. The number of rotatable bonds is 5. The highest BCUT2D eigenvalue weighted by Gasteiger charge is 2.29. The fraction of sp³-hybridized carbons (Fsp3) is 0.278. The minimum atomic E-state index is -0.207. The maximum absolute atomic E-state index is 12.6. The summed E-state index contributed by atoms with van der Waals surface area (Å²) in [5.41, 5.74) is 2.17. The van der Waals surface area contributed by atoms with Crippen molar-refractivity contribution in [1.82, 2.24) is 14.7 Å². The summed E-state index contributed by atoms with van der Waals surface area (Å²) >= 11 is 6.01. The number of anilines is 1. The van der Waals surface area contributed by atoms with E-state index in [0.717, 1.165) is 18.4 Å². The Labute approximate surface area is 149 Å². The second-order valence-corrected chi connectivity index (χ2v) is 6.69. The van der Waals surface area contributed by atoms with Gasteiger partial charge >= 0.3 is 0 Å². The predicted octanol–water partition coefficient (Wildman–Crippen LogP) is 4.01. The molecular formula is C18H17ClN4O2. The third-order valence-corrected chi connectivity index (χ3v) is 4.47. The fourth-order valence-electron chi connectivity index (χ4n) is 2.65. The van der Waals surface area contributed by atoms with Gasteiger partial charge in [0.1, 0.15) is 5.69 Å². The number of aromatic nitrogens is 3. The summed E-state index contributed by atoms with van der Waals surface area (Å²) in [5.74, 6) is 1.48. The lowest BCUT2D eigenvalue weighted by Gasteiger charge is -2.10. The van der Waals surface area contributed by atoms with Gasteiger partial charge in [0.25, 0.3) is 5.91 Å². The monoisotopic (exact) mass is 356 g/mol. The Kier molecular flexibility index (Phi) is 4.05. The molecule has 0 radical (unpaired) electrons. The molecule has 128 valence electrons.